The van der Waals surface area contributed by atoms with Crippen molar-refractivity contribution in [3.63, 3.8) is 0 Å². The van der Waals surface area contributed by atoms with Crippen LogP contribution in [0, 0.1) is 11.8 Å². The Hall–Kier alpha value is -3.95. The van der Waals surface area contributed by atoms with E-state index in [1.54, 1.807) is 24.4 Å². The van der Waals surface area contributed by atoms with Gasteiger partial charge in [0.15, 0.2) is 0 Å². The average Bonchev–Trinajstić information content (AvgIpc) is 3.29. The third-order valence-electron chi connectivity index (χ3n) is 5.14. The van der Waals surface area contributed by atoms with Crippen molar-refractivity contribution in [3.05, 3.63) is 71.2 Å². The lowest BCUT2D eigenvalue weighted by Crippen LogP contribution is -2.21. The fourth-order valence-electron chi connectivity index (χ4n) is 3.48. The van der Waals surface area contributed by atoms with Crippen LogP contribution in [0.2, 0.25) is 0 Å². The quantitative estimate of drug-likeness (QED) is 0.245. The summed E-state index contributed by atoms with van der Waals surface area (Å²) in [6.07, 6.45) is 2.66. The first kappa shape index (κ1) is 25.2. The smallest absolute Gasteiger partial charge is 0.323 e. The highest BCUT2D eigenvalue weighted by atomic mass is 32.2. The standard InChI is InChI=1S/C25H24N6O3S2/c1-36(33,34)29-11-3-5-18-14-28-24(27)22-21(15-35-23(18)22)17-7-9-19(10-8-17)30-25(32)31-20-6-2-4-16(12-20)13-26/h2,4,6-10,12,14-15,29H,11,13,26H2,1H3,(H2,27,28)(H2,30,31,32). The molecule has 0 saturated heterocycles. The Labute approximate surface area is 213 Å². The molecule has 0 saturated carbocycles. The molecule has 0 radical (unpaired) electrons. The second-order valence-corrected chi connectivity index (χ2v) is 10.6. The van der Waals surface area contributed by atoms with Crippen LogP contribution in [-0.4, -0.2) is 32.2 Å². The van der Waals surface area contributed by atoms with E-state index in [9.17, 15) is 13.2 Å². The molecule has 2 heterocycles. The molecule has 0 unspecified atom stereocenters. The van der Waals surface area contributed by atoms with E-state index in [2.05, 4.69) is 32.2 Å². The number of anilines is 3. The van der Waals surface area contributed by atoms with Gasteiger partial charge in [0.25, 0.3) is 0 Å². The second-order valence-electron chi connectivity index (χ2n) is 7.87. The first-order valence-corrected chi connectivity index (χ1v) is 13.6. The number of aromatic nitrogens is 1. The van der Waals surface area contributed by atoms with Crippen LogP contribution in [0.1, 0.15) is 11.1 Å². The Balaban J connectivity index is 1.51. The minimum absolute atomic E-state index is 0.00340. The third-order valence-corrected chi connectivity index (χ3v) is 6.83. The van der Waals surface area contributed by atoms with Gasteiger partial charge >= 0.3 is 6.03 Å². The van der Waals surface area contributed by atoms with Crippen LogP contribution in [0.5, 0.6) is 0 Å². The maximum Gasteiger partial charge on any atom is 0.323 e. The van der Waals surface area contributed by atoms with Crippen LogP contribution in [0.3, 0.4) is 0 Å². The number of pyridine rings is 1. The number of thiophene rings is 1. The molecule has 0 aliphatic heterocycles. The van der Waals surface area contributed by atoms with E-state index in [-0.39, 0.29) is 12.6 Å². The molecule has 2 aromatic heterocycles. The number of nitrogens with two attached hydrogens (primary N) is 2. The number of amides is 2. The summed E-state index contributed by atoms with van der Waals surface area (Å²) in [5.74, 6) is 6.14. The number of carbonyl (C=O) groups excluding carboxylic acids is 1. The molecule has 0 atom stereocenters. The van der Waals surface area contributed by atoms with Crippen LogP contribution in [-0.2, 0) is 16.6 Å². The monoisotopic (exact) mass is 520 g/mol. The highest BCUT2D eigenvalue weighted by Gasteiger charge is 2.14. The van der Waals surface area contributed by atoms with Crippen LogP contribution >= 0.6 is 11.3 Å². The van der Waals surface area contributed by atoms with Crippen LogP contribution in [0.15, 0.2) is 60.1 Å². The lowest BCUT2D eigenvalue weighted by molar-refractivity contribution is 0.262. The summed E-state index contributed by atoms with van der Waals surface area (Å²) in [6, 6.07) is 14.4. The molecular formula is C25H24N6O3S2. The van der Waals surface area contributed by atoms with Crippen LogP contribution < -0.4 is 26.8 Å². The van der Waals surface area contributed by atoms with Gasteiger partial charge < -0.3 is 22.1 Å². The molecule has 11 heteroatoms. The molecule has 0 aliphatic rings. The van der Waals surface area contributed by atoms with Crippen molar-refractivity contribution in [1.29, 1.82) is 0 Å². The number of nitrogens with zero attached hydrogens (tertiary/aromatic N) is 1. The maximum absolute atomic E-state index is 12.4. The summed E-state index contributed by atoms with van der Waals surface area (Å²) < 4.78 is 25.6. The Morgan fingerprint density at radius 3 is 2.58 bits per heavy atom. The molecule has 7 N–H and O–H groups in total. The largest absolute Gasteiger partial charge is 0.383 e. The van der Waals surface area contributed by atoms with Crippen molar-refractivity contribution < 1.29 is 13.2 Å². The Kier molecular flexibility index (Phi) is 7.52. The van der Waals surface area contributed by atoms with Crippen molar-refractivity contribution in [2.24, 2.45) is 5.73 Å². The van der Waals surface area contributed by atoms with Gasteiger partial charge in [0.1, 0.15) is 5.82 Å². The number of carbonyl (C=O) groups is 1. The topological polar surface area (TPSA) is 152 Å². The molecule has 2 amide bonds. The minimum atomic E-state index is -3.31. The fourth-order valence-corrected chi connectivity index (χ4v) is 4.87. The van der Waals surface area contributed by atoms with E-state index < -0.39 is 10.0 Å². The predicted molar refractivity (Wildman–Crippen MR) is 146 cm³/mol. The molecule has 0 bridgehead atoms. The number of nitrogen functional groups attached to an aromatic ring is 1. The SMILES string of the molecule is CS(=O)(=O)NCC#Cc1cnc(N)c2c(-c3ccc(NC(=O)Nc4cccc(CN)c4)cc3)csc12. The highest BCUT2D eigenvalue weighted by Crippen LogP contribution is 2.38. The molecular weight excluding hydrogens is 496 g/mol. The van der Waals surface area contributed by atoms with Crippen molar-refractivity contribution in [1.82, 2.24) is 9.71 Å². The number of hydrogen-bond donors (Lipinski definition) is 5. The van der Waals surface area contributed by atoms with Crippen molar-refractivity contribution in [2.75, 3.05) is 29.2 Å². The van der Waals surface area contributed by atoms with Gasteiger partial charge in [-0.1, -0.05) is 36.1 Å². The average molecular weight is 521 g/mol. The summed E-state index contributed by atoms with van der Waals surface area (Å²) in [7, 11) is -3.31. The molecule has 4 aromatic rings. The summed E-state index contributed by atoms with van der Waals surface area (Å²) >= 11 is 1.48. The van der Waals surface area contributed by atoms with Crippen LogP contribution in [0.4, 0.5) is 22.0 Å². The van der Waals surface area contributed by atoms with E-state index in [4.69, 9.17) is 11.5 Å². The first-order valence-electron chi connectivity index (χ1n) is 10.8. The van der Waals surface area contributed by atoms with E-state index in [0.29, 0.717) is 29.3 Å². The summed E-state index contributed by atoms with van der Waals surface area (Å²) in [5.41, 5.74) is 16.5. The molecule has 0 aliphatic carbocycles. The van der Waals surface area contributed by atoms with Gasteiger partial charge in [0.2, 0.25) is 10.0 Å². The minimum Gasteiger partial charge on any atom is -0.383 e. The molecule has 0 spiro atoms. The van der Waals surface area contributed by atoms with Gasteiger partial charge in [-0.3, -0.25) is 0 Å². The zero-order chi connectivity index (χ0) is 25.7. The lowest BCUT2D eigenvalue weighted by atomic mass is 10.0. The number of hydrogen-bond acceptors (Lipinski definition) is 7. The molecule has 2 aromatic carbocycles. The number of sulfonamides is 1. The summed E-state index contributed by atoms with van der Waals surface area (Å²) in [5, 5.41) is 8.36. The predicted octanol–water partition coefficient (Wildman–Crippen LogP) is 3.55. The lowest BCUT2D eigenvalue weighted by Gasteiger charge is -2.09. The van der Waals surface area contributed by atoms with Gasteiger partial charge in [-0.05, 0) is 40.8 Å². The molecule has 4 rings (SSSR count). The third kappa shape index (κ3) is 6.18. The van der Waals surface area contributed by atoms with Crippen molar-refractivity contribution >= 4 is 54.7 Å². The summed E-state index contributed by atoms with van der Waals surface area (Å²) in [4.78, 5) is 16.7. The maximum atomic E-state index is 12.4. The highest BCUT2D eigenvalue weighted by molar-refractivity contribution is 7.88. The summed E-state index contributed by atoms with van der Waals surface area (Å²) in [6.45, 7) is 0.397. The Morgan fingerprint density at radius 1 is 1.11 bits per heavy atom. The first-order chi connectivity index (χ1) is 17.2. The Bertz CT molecular complexity index is 1590. The van der Waals surface area contributed by atoms with Gasteiger partial charge in [0.05, 0.1) is 23.1 Å². The van der Waals surface area contributed by atoms with Crippen LogP contribution in [0.25, 0.3) is 21.2 Å². The number of nitrogens with one attached hydrogen (secondary N) is 3. The molecule has 36 heavy (non-hydrogen) atoms. The van der Waals surface area contributed by atoms with Crippen molar-refractivity contribution in [2.45, 2.75) is 6.54 Å². The van der Waals surface area contributed by atoms with E-state index in [1.165, 1.54) is 11.3 Å². The van der Waals surface area contributed by atoms with Gasteiger partial charge in [0, 0.05) is 35.1 Å². The number of fused-ring (bicyclic) bond motifs is 1. The zero-order valence-electron chi connectivity index (χ0n) is 19.3. The molecule has 184 valence electrons. The van der Waals surface area contributed by atoms with Crippen molar-refractivity contribution in [3.8, 4) is 23.0 Å². The van der Waals surface area contributed by atoms with E-state index in [0.717, 1.165) is 33.0 Å². The van der Waals surface area contributed by atoms with Gasteiger partial charge in [-0.25, -0.2) is 22.9 Å². The van der Waals surface area contributed by atoms with Gasteiger partial charge in [-0.15, -0.1) is 11.3 Å². The number of urea groups is 1. The fraction of sp³-hybridized carbons (Fsp3) is 0.120. The Morgan fingerprint density at radius 2 is 1.86 bits per heavy atom. The number of benzene rings is 2. The molecule has 0 fully saturated rings. The zero-order valence-corrected chi connectivity index (χ0v) is 21.0. The normalized spacial score (nSPS) is 11.1. The number of rotatable bonds is 6. The van der Waals surface area contributed by atoms with Gasteiger partial charge in [-0.2, -0.15) is 0 Å². The second kappa shape index (κ2) is 10.8. The van der Waals surface area contributed by atoms with E-state index >= 15 is 0 Å². The van der Waals surface area contributed by atoms with E-state index in [1.807, 2.05) is 35.7 Å². The molecule has 9 nitrogen and oxygen atoms in total.